The number of nitrogens with one attached hydrogen (secondary N) is 2. The fourth-order valence-electron chi connectivity index (χ4n) is 6.13. The number of benzene rings is 1. The molecule has 7 heteroatoms. The van der Waals surface area contributed by atoms with Gasteiger partial charge in [-0.1, -0.05) is 31.1 Å². The first kappa shape index (κ1) is 25.3. The summed E-state index contributed by atoms with van der Waals surface area (Å²) in [5.41, 5.74) is 7.39. The molecule has 1 aromatic heterocycles. The molecule has 0 bridgehead atoms. The van der Waals surface area contributed by atoms with Gasteiger partial charge in [0.15, 0.2) is 0 Å². The van der Waals surface area contributed by atoms with Gasteiger partial charge < -0.3 is 10.6 Å². The van der Waals surface area contributed by atoms with Crippen LogP contribution >= 0.6 is 0 Å². The van der Waals surface area contributed by atoms with Crippen molar-refractivity contribution in [2.45, 2.75) is 48.0 Å². The highest BCUT2D eigenvalue weighted by Crippen LogP contribution is 2.63. The molecule has 0 radical (unpaired) electrons. The number of pyridine rings is 1. The number of hydrogen-bond acceptors (Lipinski definition) is 5. The van der Waals surface area contributed by atoms with Crippen LogP contribution in [0.15, 0.2) is 30.0 Å². The van der Waals surface area contributed by atoms with E-state index in [1.54, 1.807) is 6.20 Å². The normalized spacial score (nSPS) is 24.4. The number of anilines is 1. The fourth-order valence-corrected chi connectivity index (χ4v) is 6.13. The Morgan fingerprint density at radius 2 is 1.86 bits per heavy atom. The number of carbonyl (C=O) groups is 3. The van der Waals surface area contributed by atoms with Gasteiger partial charge >= 0.3 is 0 Å². The molecule has 1 aromatic carbocycles. The average molecular weight is 501 g/mol. The molecule has 37 heavy (non-hydrogen) atoms. The third-order valence-electron chi connectivity index (χ3n) is 8.37. The number of fused-ring (bicyclic) bond motifs is 1. The highest BCUT2D eigenvalue weighted by atomic mass is 16.2. The molecule has 0 spiro atoms. The third kappa shape index (κ3) is 4.39. The summed E-state index contributed by atoms with van der Waals surface area (Å²) in [4.78, 5) is 44.5. The maximum atomic E-state index is 13.0. The van der Waals surface area contributed by atoms with E-state index in [1.807, 2.05) is 46.8 Å². The number of nitrogens with zero attached hydrogens (tertiary/aromatic N) is 2. The van der Waals surface area contributed by atoms with Gasteiger partial charge in [-0.3, -0.25) is 24.3 Å². The number of hydrogen-bond donors (Lipinski definition) is 2. The van der Waals surface area contributed by atoms with Crippen molar-refractivity contribution in [1.82, 2.24) is 15.2 Å². The summed E-state index contributed by atoms with van der Waals surface area (Å²) in [5.74, 6) is -0.440. The van der Waals surface area contributed by atoms with E-state index in [0.717, 1.165) is 57.7 Å². The Morgan fingerprint density at radius 1 is 1.16 bits per heavy atom. The quantitative estimate of drug-likeness (QED) is 0.578. The SMILES string of the molecule is C/C(=C\c1nccc(-c2cc(C)cc(C)c2NC(=O)[C@H]2CCNC2)c1C)CN1C(=O)C2C(C1=O)C2(C)C. The van der Waals surface area contributed by atoms with Gasteiger partial charge in [-0.05, 0) is 81.0 Å². The molecule has 1 aliphatic carbocycles. The smallest absolute Gasteiger partial charge is 0.233 e. The van der Waals surface area contributed by atoms with E-state index < -0.39 is 0 Å². The van der Waals surface area contributed by atoms with E-state index in [9.17, 15) is 14.4 Å². The van der Waals surface area contributed by atoms with Gasteiger partial charge in [-0.2, -0.15) is 0 Å². The molecule has 3 amide bonds. The van der Waals surface area contributed by atoms with Gasteiger partial charge in [0.25, 0.3) is 0 Å². The van der Waals surface area contributed by atoms with Crippen LogP contribution < -0.4 is 10.6 Å². The van der Waals surface area contributed by atoms with Crippen molar-refractivity contribution in [2.24, 2.45) is 23.2 Å². The third-order valence-corrected chi connectivity index (χ3v) is 8.37. The van der Waals surface area contributed by atoms with Crippen LogP contribution in [0.3, 0.4) is 0 Å². The zero-order valence-corrected chi connectivity index (χ0v) is 22.6. The number of carbonyl (C=O) groups excluding carboxylic acids is 3. The van der Waals surface area contributed by atoms with Gasteiger partial charge in [0.1, 0.15) is 0 Å². The first-order valence-corrected chi connectivity index (χ1v) is 13.1. The van der Waals surface area contributed by atoms with E-state index >= 15 is 0 Å². The maximum Gasteiger partial charge on any atom is 0.233 e. The fraction of sp³-hybridized carbons (Fsp3) is 0.467. The minimum atomic E-state index is -0.206. The second-order valence-corrected chi connectivity index (χ2v) is 11.6. The second-order valence-electron chi connectivity index (χ2n) is 11.6. The largest absolute Gasteiger partial charge is 0.325 e. The van der Waals surface area contributed by atoms with Crippen LogP contribution in [-0.4, -0.2) is 47.2 Å². The monoisotopic (exact) mass is 500 g/mol. The van der Waals surface area contributed by atoms with Crippen LogP contribution in [0.1, 0.15) is 49.6 Å². The molecule has 3 fully saturated rings. The lowest BCUT2D eigenvalue weighted by Gasteiger charge is -2.21. The first-order chi connectivity index (χ1) is 17.5. The predicted octanol–water partition coefficient (Wildman–Crippen LogP) is 4.27. The van der Waals surface area contributed by atoms with E-state index in [2.05, 4.69) is 34.7 Å². The van der Waals surface area contributed by atoms with E-state index in [0.29, 0.717) is 6.54 Å². The molecule has 2 unspecified atom stereocenters. The Morgan fingerprint density at radius 3 is 2.51 bits per heavy atom. The minimum Gasteiger partial charge on any atom is -0.325 e. The van der Waals surface area contributed by atoms with Crippen molar-refractivity contribution in [2.75, 3.05) is 25.0 Å². The van der Waals surface area contributed by atoms with Crippen LogP contribution in [0.2, 0.25) is 0 Å². The van der Waals surface area contributed by atoms with Crippen molar-refractivity contribution in [3.63, 3.8) is 0 Å². The topological polar surface area (TPSA) is 91.4 Å². The first-order valence-electron chi connectivity index (χ1n) is 13.1. The lowest BCUT2D eigenvalue weighted by Crippen LogP contribution is -2.37. The number of imide groups is 1. The summed E-state index contributed by atoms with van der Waals surface area (Å²) in [6.45, 7) is 13.9. The van der Waals surface area contributed by atoms with Crippen molar-refractivity contribution in [3.05, 3.63) is 52.4 Å². The molecule has 5 rings (SSSR count). The van der Waals surface area contributed by atoms with Gasteiger partial charge in [0, 0.05) is 24.8 Å². The number of amides is 3. The van der Waals surface area contributed by atoms with Crippen LogP contribution in [0, 0.1) is 43.9 Å². The Kier molecular flexibility index (Phi) is 6.31. The van der Waals surface area contributed by atoms with Crippen molar-refractivity contribution >= 4 is 29.5 Å². The van der Waals surface area contributed by atoms with Crippen molar-refractivity contribution < 1.29 is 14.4 Å². The molecule has 2 saturated heterocycles. The number of aromatic nitrogens is 1. The maximum absolute atomic E-state index is 13.0. The Hall–Kier alpha value is -3.32. The Labute approximate surface area is 218 Å². The summed E-state index contributed by atoms with van der Waals surface area (Å²) < 4.78 is 0. The van der Waals surface area contributed by atoms with Crippen LogP contribution in [0.25, 0.3) is 17.2 Å². The molecule has 1 saturated carbocycles. The van der Waals surface area contributed by atoms with E-state index in [1.165, 1.54) is 4.90 Å². The number of aryl methyl sites for hydroxylation is 2. The zero-order valence-electron chi connectivity index (χ0n) is 22.6. The lowest BCUT2D eigenvalue weighted by molar-refractivity contribution is -0.142. The van der Waals surface area contributed by atoms with Gasteiger partial charge in [-0.15, -0.1) is 0 Å². The minimum absolute atomic E-state index is 0.0270. The lowest BCUT2D eigenvalue weighted by atomic mass is 9.93. The number of rotatable bonds is 6. The predicted molar refractivity (Wildman–Crippen MR) is 145 cm³/mol. The van der Waals surface area contributed by atoms with Crippen molar-refractivity contribution in [1.29, 1.82) is 0 Å². The highest BCUT2D eigenvalue weighted by Gasteiger charge is 2.72. The van der Waals surface area contributed by atoms with Gasteiger partial charge in [0.2, 0.25) is 17.7 Å². The standard InChI is InChI=1S/C30H36N4O3/c1-16-11-18(3)26(33-27(35)20-7-9-31-14-20)22(12-16)21-8-10-32-23(19(21)4)13-17(2)15-34-28(36)24-25(29(34)37)30(24,5)6/h8,10-13,20,24-25,31H,7,9,14-15H2,1-6H3,(H,33,35)/b17-13+/t20-,24?,25?/m0/s1. The van der Waals surface area contributed by atoms with Crippen LogP contribution in [-0.2, 0) is 14.4 Å². The summed E-state index contributed by atoms with van der Waals surface area (Å²) in [5, 5.41) is 6.47. The molecular formula is C30H36N4O3. The summed E-state index contributed by atoms with van der Waals surface area (Å²) in [6, 6.07) is 6.17. The van der Waals surface area contributed by atoms with Crippen LogP contribution in [0.5, 0.6) is 0 Å². The Bertz CT molecular complexity index is 1310. The summed E-state index contributed by atoms with van der Waals surface area (Å²) >= 11 is 0. The molecule has 2 aliphatic heterocycles. The number of likely N-dealkylation sites (tertiary alicyclic amines) is 1. The molecule has 2 N–H and O–H groups in total. The average Bonchev–Trinajstić information content (AvgIpc) is 3.15. The molecule has 3 heterocycles. The summed E-state index contributed by atoms with van der Waals surface area (Å²) in [6.07, 6.45) is 4.57. The molecule has 194 valence electrons. The van der Waals surface area contributed by atoms with Gasteiger partial charge in [0.05, 0.1) is 29.1 Å². The molecular weight excluding hydrogens is 464 g/mol. The molecule has 3 atom stereocenters. The Balaban J connectivity index is 1.43. The second kappa shape index (κ2) is 9.21. The molecule has 3 aliphatic rings. The highest BCUT2D eigenvalue weighted by molar-refractivity contribution is 6.10. The molecule has 2 aromatic rings. The van der Waals surface area contributed by atoms with Crippen LogP contribution in [0.4, 0.5) is 5.69 Å². The van der Waals surface area contributed by atoms with Gasteiger partial charge in [-0.25, -0.2) is 0 Å². The zero-order chi connectivity index (χ0) is 26.6. The number of piperidine rings is 1. The van der Waals surface area contributed by atoms with Crippen molar-refractivity contribution in [3.8, 4) is 11.1 Å². The molecule has 7 nitrogen and oxygen atoms in total. The summed E-state index contributed by atoms with van der Waals surface area (Å²) in [7, 11) is 0. The van der Waals surface area contributed by atoms with E-state index in [-0.39, 0.29) is 47.4 Å². The van der Waals surface area contributed by atoms with E-state index in [4.69, 9.17) is 0 Å².